The van der Waals surface area contributed by atoms with Crippen LogP contribution in [0.3, 0.4) is 0 Å². The molecule has 4 nitrogen and oxygen atoms in total. The summed E-state index contributed by atoms with van der Waals surface area (Å²) in [7, 11) is 0. The quantitative estimate of drug-likeness (QED) is 0.831. The van der Waals surface area contributed by atoms with Crippen LogP contribution in [0.25, 0.3) is 0 Å². The van der Waals surface area contributed by atoms with E-state index in [-0.39, 0.29) is 0 Å². The number of nitrogens with one attached hydrogen (secondary N) is 1. The van der Waals surface area contributed by atoms with Crippen molar-refractivity contribution >= 4 is 5.91 Å². The van der Waals surface area contributed by atoms with Gasteiger partial charge >= 0.3 is 0 Å². The monoisotopic (exact) mass is 279 g/mol. The van der Waals surface area contributed by atoms with E-state index in [9.17, 15) is 4.79 Å². The smallest absolute Gasteiger partial charge is 0.237 e. The lowest BCUT2D eigenvalue weighted by molar-refractivity contribution is -0.136. The highest BCUT2D eigenvalue weighted by atomic mass is 16.2. The first kappa shape index (κ1) is 14.3. The average Bonchev–Trinajstić information content (AvgIpc) is 2.76. The van der Waals surface area contributed by atoms with Crippen molar-refractivity contribution in [3.63, 3.8) is 0 Å². The summed E-state index contributed by atoms with van der Waals surface area (Å²) >= 11 is 0. The number of fused-ring (bicyclic) bond motifs is 4. The second-order valence-electron chi connectivity index (χ2n) is 6.85. The van der Waals surface area contributed by atoms with Crippen LogP contribution in [0.2, 0.25) is 0 Å². The molecule has 4 fully saturated rings. The Labute approximate surface area is 122 Å². The molecule has 2 atom stereocenters. The summed E-state index contributed by atoms with van der Waals surface area (Å²) in [5.41, 5.74) is 0. The molecule has 0 aromatic heterocycles. The van der Waals surface area contributed by atoms with Crippen molar-refractivity contribution in [2.45, 2.75) is 51.0 Å². The molecule has 114 valence electrons. The molecule has 4 aliphatic rings. The molecule has 0 spiro atoms. The maximum atomic E-state index is 12.7. The highest BCUT2D eigenvalue weighted by Gasteiger charge is 2.34. The van der Waals surface area contributed by atoms with Crippen molar-refractivity contribution in [2.75, 3.05) is 39.3 Å². The predicted molar refractivity (Wildman–Crippen MR) is 80.6 cm³/mol. The number of nitrogens with zero attached hydrogens (tertiary/aromatic N) is 2. The van der Waals surface area contributed by atoms with Crippen LogP contribution < -0.4 is 5.32 Å². The zero-order chi connectivity index (χ0) is 13.8. The maximum Gasteiger partial charge on any atom is 0.237 e. The van der Waals surface area contributed by atoms with Crippen molar-refractivity contribution in [3.05, 3.63) is 0 Å². The summed E-state index contributed by atoms with van der Waals surface area (Å²) in [4.78, 5) is 17.2. The Morgan fingerprint density at radius 2 is 1.75 bits per heavy atom. The highest BCUT2D eigenvalue weighted by molar-refractivity contribution is 5.78. The summed E-state index contributed by atoms with van der Waals surface area (Å²) in [6.45, 7) is 5.98. The zero-order valence-corrected chi connectivity index (χ0v) is 12.6. The van der Waals surface area contributed by atoms with Gasteiger partial charge in [0.05, 0.1) is 6.54 Å². The van der Waals surface area contributed by atoms with Crippen LogP contribution in [0.1, 0.15) is 44.9 Å². The Morgan fingerprint density at radius 1 is 1.00 bits per heavy atom. The molecule has 20 heavy (non-hydrogen) atoms. The molecule has 0 aromatic rings. The number of carbonyl (C=O) groups excluding carboxylic acids is 1. The van der Waals surface area contributed by atoms with E-state index in [0.29, 0.717) is 24.4 Å². The molecule has 0 aromatic carbocycles. The van der Waals surface area contributed by atoms with E-state index in [4.69, 9.17) is 0 Å². The number of amides is 1. The number of carbonyl (C=O) groups is 1. The molecule has 0 saturated carbocycles. The van der Waals surface area contributed by atoms with E-state index in [1.807, 2.05) is 0 Å². The third-order valence-corrected chi connectivity index (χ3v) is 5.24. The molecule has 0 radical (unpaired) electrons. The molecule has 2 unspecified atom stereocenters. The fraction of sp³-hybridized carbons (Fsp3) is 0.938. The highest BCUT2D eigenvalue weighted by Crippen LogP contribution is 2.24. The van der Waals surface area contributed by atoms with Crippen LogP contribution in [0, 0.1) is 5.92 Å². The average molecular weight is 279 g/mol. The van der Waals surface area contributed by atoms with Gasteiger partial charge in [-0.3, -0.25) is 9.69 Å². The molecule has 4 heterocycles. The van der Waals surface area contributed by atoms with Gasteiger partial charge in [-0.25, -0.2) is 0 Å². The molecular weight excluding hydrogens is 250 g/mol. The van der Waals surface area contributed by atoms with Crippen molar-refractivity contribution in [1.29, 1.82) is 0 Å². The van der Waals surface area contributed by atoms with Crippen molar-refractivity contribution < 1.29 is 4.79 Å². The Kier molecular flexibility index (Phi) is 4.94. The van der Waals surface area contributed by atoms with E-state index in [1.165, 1.54) is 44.9 Å². The SMILES string of the molecule is O=C(CN1CCCCCCC1)N1CC2CCC1CNC2. The molecule has 4 rings (SSSR count). The first-order valence-corrected chi connectivity index (χ1v) is 8.55. The number of piperidine rings is 1. The molecule has 1 amide bonds. The lowest BCUT2D eigenvalue weighted by Gasteiger charge is -2.37. The molecule has 4 aliphatic heterocycles. The van der Waals surface area contributed by atoms with Crippen LogP contribution in [0.4, 0.5) is 0 Å². The van der Waals surface area contributed by atoms with Gasteiger partial charge in [-0.1, -0.05) is 19.3 Å². The standard InChI is InChI=1S/C16H29N3O/c20-16(13-18-8-4-2-1-3-5-9-18)19-12-14-6-7-15(19)11-17-10-14/h14-15,17H,1-13H2. The van der Waals surface area contributed by atoms with Gasteiger partial charge in [-0.05, 0) is 51.2 Å². The van der Waals surface area contributed by atoms with E-state index in [1.54, 1.807) is 0 Å². The molecule has 0 aliphatic carbocycles. The fourth-order valence-electron chi connectivity index (χ4n) is 3.99. The number of hydrogen-bond acceptors (Lipinski definition) is 3. The van der Waals surface area contributed by atoms with E-state index < -0.39 is 0 Å². The van der Waals surface area contributed by atoms with E-state index in [0.717, 1.165) is 32.7 Å². The topological polar surface area (TPSA) is 35.6 Å². The van der Waals surface area contributed by atoms with Crippen LogP contribution in [-0.4, -0.2) is 61.0 Å². The van der Waals surface area contributed by atoms with Gasteiger partial charge in [0, 0.05) is 19.1 Å². The summed E-state index contributed by atoms with van der Waals surface area (Å²) in [5, 5.41) is 3.51. The zero-order valence-electron chi connectivity index (χ0n) is 12.6. The largest absolute Gasteiger partial charge is 0.337 e. The second kappa shape index (κ2) is 6.90. The van der Waals surface area contributed by atoms with Crippen LogP contribution in [-0.2, 0) is 4.79 Å². The normalized spacial score (nSPS) is 32.5. The van der Waals surface area contributed by atoms with Gasteiger partial charge in [-0.2, -0.15) is 0 Å². The van der Waals surface area contributed by atoms with Crippen LogP contribution in [0.15, 0.2) is 0 Å². The third kappa shape index (κ3) is 3.53. The summed E-state index contributed by atoms with van der Waals surface area (Å²) in [6.07, 6.45) is 9.08. The van der Waals surface area contributed by atoms with Gasteiger partial charge < -0.3 is 10.2 Å². The van der Waals surface area contributed by atoms with Gasteiger partial charge in [-0.15, -0.1) is 0 Å². The molecule has 4 heteroatoms. The summed E-state index contributed by atoms with van der Waals surface area (Å²) < 4.78 is 0. The van der Waals surface area contributed by atoms with Gasteiger partial charge in [0.1, 0.15) is 0 Å². The first-order chi connectivity index (χ1) is 9.83. The van der Waals surface area contributed by atoms with E-state index >= 15 is 0 Å². The van der Waals surface area contributed by atoms with Gasteiger partial charge in [0.15, 0.2) is 0 Å². The van der Waals surface area contributed by atoms with Crippen LogP contribution in [0.5, 0.6) is 0 Å². The minimum Gasteiger partial charge on any atom is -0.337 e. The lowest BCUT2D eigenvalue weighted by atomic mass is 9.95. The van der Waals surface area contributed by atoms with Gasteiger partial charge in [0.25, 0.3) is 0 Å². The predicted octanol–water partition coefficient (Wildman–Crippen LogP) is 1.46. The molecule has 2 bridgehead atoms. The van der Waals surface area contributed by atoms with Crippen molar-refractivity contribution in [3.8, 4) is 0 Å². The molecule has 1 N–H and O–H groups in total. The summed E-state index contributed by atoms with van der Waals surface area (Å²) in [6, 6.07) is 0.455. The van der Waals surface area contributed by atoms with Crippen molar-refractivity contribution in [1.82, 2.24) is 15.1 Å². The Balaban J connectivity index is 1.55. The maximum absolute atomic E-state index is 12.7. The number of hydrogen-bond donors (Lipinski definition) is 1. The Bertz CT molecular complexity index is 322. The lowest BCUT2D eigenvalue weighted by Crippen LogP contribution is -2.50. The summed E-state index contributed by atoms with van der Waals surface area (Å²) in [5.74, 6) is 1.06. The third-order valence-electron chi connectivity index (χ3n) is 5.24. The minimum atomic E-state index is 0.379. The van der Waals surface area contributed by atoms with Crippen molar-refractivity contribution in [2.24, 2.45) is 5.92 Å². The van der Waals surface area contributed by atoms with Crippen LogP contribution >= 0.6 is 0 Å². The number of likely N-dealkylation sites (tertiary alicyclic amines) is 1. The second-order valence-corrected chi connectivity index (χ2v) is 6.85. The number of rotatable bonds is 2. The Morgan fingerprint density at radius 3 is 2.55 bits per heavy atom. The molecule has 4 saturated heterocycles. The van der Waals surface area contributed by atoms with Gasteiger partial charge in [0.2, 0.25) is 5.91 Å². The molecular formula is C16H29N3O. The fourth-order valence-corrected chi connectivity index (χ4v) is 3.99. The Hall–Kier alpha value is -0.610. The first-order valence-electron chi connectivity index (χ1n) is 8.55. The van der Waals surface area contributed by atoms with E-state index in [2.05, 4.69) is 15.1 Å². The minimum absolute atomic E-state index is 0.379.